The molecular formula is C15H12BrNOS. The van der Waals surface area contributed by atoms with Crippen LogP contribution in [0.5, 0.6) is 0 Å². The van der Waals surface area contributed by atoms with Crippen molar-refractivity contribution in [3.05, 3.63) is 62.9 Å². The minimum Gasteiger partial charge on any atom is -0.388 e. The van der Waals surface area contributed by atoms with Crippen LogP contribution in [0, 0.1) is 0 Å². The highest BCUT2D eigenvalue weighted by atomic mass is 79.9. The molecule has 1 unspecified atom stereocenters. The molecule has 19 heavy (non-hydrogen) atoms. The van der Waals surface area contributed by atoms with E-state index < -0.39 is 6.10 Å². The number of rotatable bonds is 3. The van der Waals surface area contributed by atoms with Crippen LogP contribution in [0.3, 0.4) is 0 Å². The topological polar surface area (TPSA) is 33.1 Å². The van der Waals surface area contributed by atoms with E-state index in [0.717, 1.165) is 25.8 Å². The van der Waals surface area contributed by atoms with Gasteiger partial charge in [0.15, 0.2) is 0 Å². The summed E-state index contributed by atoms with van der Waals surface area (Å²) in [4.78, 5) is 5.54. The Hall–Kier alpha value is -1.23. The van der Waals surface area contributed by atoms with Crippen LogP contribution in [0.1, 0.15) is 16.5 Å². The molecule has 0 aliphatic carbocycles. The molecule has 0 spiro atoms. The summed E-state index contributed by atoms with van der Waals surface area (Å²) in [6.07, 6.45) is 1.83. The lowest BCUT2D eigenvalue weighted by Crippen LogP contribution is -2.02. The number of fused-ring (bicyclic) bond motifs is 1. The molecule has 1 aromatic carbocycles. The van der Waals surface area contributed by atoms with Crippen molar-refractivity contribution < 1.29 is 5.11 Å². The Morgan fingerprint density at radius 2 is 2.05 bits per heavy atom. The minimum atomic E-state index is -0.534. The summed E-state index contributed by atoms with van der Waals surface area (Å²) in [6.45, 7) is 0. The minimum absolute atomic E-state index is 0.534. The zero-order valence-corrected chi connectivity index (χ0v) is 12.5. The number of para-hydroxylation sites is 1. The number of hydrogen-bond acceptors (Lipinski definition) is 3. The molecule has 1 atom stereocenters. The molecule has 2 heterocycles. The smallest absolute Gasteiger partial charge is 0.0859 e. The fourth-order valence-corrected chi connectivity index (χ4v) is 3.71. The third-order valence-electron chi connectivity index (χ3n) is 3.09. The zero-order valence-electron chi connectivity index (χ0n) is 10.1. The van der Waals surface area contributed by atoms with E-state index in [9.17, 15) is 5.11 Å². The van der Waals surface area contributed by atoms with Crippen LogP contribution in [0.2, 0.25) is 0 Å². The second-order valence-electron chi connectivity index (χ2n) is 4.33. The summed E-state index contributed by atoms with van der Waals surface area (Å²) in [5.41, 5.74) is 1.77. The highest BCUT2D eigenvalue weighted by molar-refractivity contribution is 9.10. The van der Waals surface area contributed by atoms with E-state index in [0.29, 0.717) is 6.42 Å². The predicted molar refractivity (Wildman–Crippen MR) is 82.4 cm³/mol. The average Bonchev–Trinajstić information content (AvgIpc) is 2.83. The van der Waals surface area contributed by atoms with Crippen molar-refractivity contribution in [3.8, 4) is 0 Å². The van der Waals surface area contributed by atoms with Crippen LogP contribution in [-0.4, -0.2) is 10.1 Å². The molecule has 0 saturated heterocycles. The van der Waals surface area contributed by atoms with Crippen molar-refractivity contribution in [1.82, 2.24) is 4.98 Å². The van der Waals surface area contributed by atoms with E-state index in [1.165, 1.54) is 0 Å². The highest BCUT2D eigenvalue weighted by Gasteiger charge is 2.14. The Labute approximate surface area is 123 Å². The summed E-state index contributed by atoms with van der Waals surface area (Å²) in [5, 5.41) is 13.5. The second kappa shape index (κ2) is 5.41. The van der Waals surface area contributed by atoms with Crippen LogP contribution in [0.15, 0.2) is 52.4 Å². The van der Waals surface area contributed by atoms with Crippen LogP contribution in [0.4, 0.5) is 0 Å². The van der Waals surface area contributed by atoms with Gasteiger partial charge in [-0.3, -0.25) is 4.98 Å². The van der Waals surface area contributed by atoms with Gasteiger partial charge in [0, 0.05) is 32.9 Å². The molecule has 96 valence electrons. The van der Waals surface area contributed by atoms with Crippen molar-refractivity contribution in [1.29, 1.82) is 0 Å². The zero-order chi connectivity index (χ0) is 13.2. The van der Waals surface area contributed by atoms with E-state index >= 15 is 0 Å². The Morgan fingerprint density at radius 1 is 1.21 bits per heavy atom. The van der Waals surface area contributed by atoms with Gasteiger partial charge < -0.3 is 5.11 Å². The molecule has 3 rings (SSSR count). The Balaban J connectivity index is 1.98. The van der Waals surface area contributed by atoms with Crippen molar-refractivity contribution in [3.63, 3.8) is 0 Å². The van der Waals surface area contributed by atoms with Gasteiger partial charge in [0.1, 0.15) is 0 Å². The summed E-state index contributed by atoms with van der Waals surface area (Å²) in [5.74, 6) is 0. The summed E-state index contributed by atoms with van der Waals surface area (Å²) >= 11 is 5.15. The van der Waals surface area contributed by atoms with Crippen molar-refractivity contribution >= 4 is 38.2 Å². The fourth-order valence-electron chi connectivity index (χ4n) is 2.15. The third kappa shape index (κ3) is 2.56. The van der Waals surface area contributed by atoms with E-state index in [4.69, 9.17) is 0 Å². The number of nitrogens with zero attached hydrogens (tertiary/aromatic N) is 1. The SMILES string of the molecule is OC(Cc1sccc1Br)c1cccc2cccnc12. The average molecular weight is 334 g/mol. The summed E-state index contributed by atoms with van der Waals surface area (Å²) in [7, 11) is 0. The highest BCUT2D eigenvalue weighted by Crippen LogP contribution is 2.30. The number of hydrogen-bond donors (Lipinski definition) is 1. The van der Waals surface area contributed by atoms with Gasteiger partial charge >= 0.3 is 0 Å². The van der Waals surface area contributed by atoms with Crippen LogP contribution in [0.25, 0.3) is 10.9 Å². The predicted octanol–water partition coefficient (Wildman–Crippen LogP) is 4.33. The molecule has 0 bridgehead atoms. The molecule has 0 amide bonds. The van der Waals surface area contributed by atoms with E-state index in [1.54, 1.807) is 17.5 Å². The number of aliphatic hydroxyl groups is 1. The maximum atomic E-state index is 10.5. The monoisotopic (exact) mass is 333 g/mol. The molecule has 1 N–H and O–H groups in total. The number of thiophene rings is 1. The molecule has 0 radical (unpaired) electrons. The van der Waals surface area contributed by atoms with Gasteiger partial charge in [-0.15, -0.1) is 11.3 Å². The van der Waals surface area contributed by atoms with Crippen LogP contribution >= 0.6 is 27.3 Å². The number of pyridine rings is 1. The third-order valence-corrected chi connectivity index (χ3v) is 5.04. The first-order valence-corrected chi connectivity index (χ1v) is 7.66. The number of aliphatic hydroxyl groups excluding tert-OH is 1. The van der Waals surface area contributed by atoms with Gasteiger partial charge in [0.05, 0.1) is 11.6 Å². The standard InChI is InChI=1S/C15H12BrNOS/c16-12-6-8-19-14(12)9-13(18)11-5-1-3-10-4-2-7-17-15(10)11/h1-8,13,18H,9H2. The first-order valence-electron chi connectivity index (χ1n) is 5.99. The van der Waals surface area contributed by atoms with Crippen LogP contribution < -0.4 is 0 Å². The Bertz CT molecular complexity index is 705. The molecule has 0 saturated carbocycles. The maximum absolute atomic E-state index is 10.5. The van der Waals surface area contributed by atoms with Gasteiger partial charge in [-0.05, 0) is 33.4 Å². The lowest BCUT2D eigenvalue weighted by molar-refractivity contribution is 0.180. The number of aromatic nitrogens is 1. The summed E-state index contributed by atoms with van der Waals surface area (Å²) in [6, 6.07) is 11.9. The number of halogens is 1. The summed E-state index contributed by atoms with van der Waals surface area (Å²) < 4.78 is 1.06. The first kappa shape index (κ1) is 12.8. The van der Waals surface area contributed by atoms with E-state index in [-0.39, 0.29) is 0 Å². The lowest BCUT2D eigenvalue weighted by atomic mass is 10.0. The van der Waals surface area contributed by atoms with E-state index in [2.05, 4.69) is 20.9 Å². The molecule has 3 aromatic rings. The fraction of sp³-hybridized carbons (Fsp3) is 0.133. The Kier molecular flexibility index (Phi) is 3.64. The molecule has 2 nitrogen and oxygen atoms in total. The lowest BCUT2D eigenvalue weighted by Gasteiger charge is -2.12. The molecule has 0 fully saturated rings. The van der Waals surface area contributed by atoms with Gasteiger partial charge in [0.2, 0.25) is 0 Å². The molecule has 4 heteroatoms. The molecule has 0 aliphatic heterocycles. The van der Waals surface area contributed by atoms with Crippen LogP contribution in [-0.2, 0) is 6.42 Å². The van der Waals surface area contributed by atoms with Crippen molar-refractivity contribution in [2.24, 2.45) is 0 Å². The Morgan fingerprint density at radius 3 is 2.84 bits per heavy atom. The van der Waals surface area contributed by atoms with Crippen molar-refractivity contribution in [2.45, 2.75) is 12.5 Å². The van der Waals surface area contributed by atoms with Crippen molar-refractivity contribution in [2.75, 3.05) is 0 Å². The normalized spacial score (nSPS) is 12.7. The molecule has 0 aliphatic rings. The van der Waals surface area contributed by atoms with E-state index in [1.807, 2.05) is 41.8 Å². The van der Waals surface area contributed by atoms with Gasteiger partial charge in [0.25, 0.3) is 0 Å². The van der Waals surface area contributed by atoms with Gasteiger partial charge in [-0.2, -0.15) is 0 Å². The van der Waals surface area contributed by atoms with Gasteiger partial charge in [-0.1, -0.05) is 24.3 Å². The second-order valence-corrected chi connectivity index (χ2v) is 6.19. The molecular weight excluding hydrogens is 322 g/mol. The quantitative estimate of drug-likeness (QED) is 0.773. The van der Waals surface area contributed by atoms with Gasteiger partial charge in [-0.25, -0.2) is 0 Å². The maximum Gasteiger partial charge on any atom is 0.0859 e. The number of benzene rings is 1. The largest absolute Gasteiger partial charge is 0.388 e. The first-order chi connectivity index (χ1) is 9.25. The molecule has 2 aromatic heterocycles.